The molecule has 0 amide bonds. The van der Waals surface area contributed by atoms with Crippen LogP contribution in [0, 0.1) is 0 Å². The van der Waals surface area contributed by atoms with E-state index in [9.17, 15) is 4.79 Å². The van der Waals surface area contributed by atoms with Crippen LogP contribution in [0.15, 0.2) is 24.3 Å². The van der Waals surface area contributed by atoms with Crippen LogP contribution in [0.1, 0.15) is 17.3 Å². The highest BCUT2D eigenvalue weighted by molar-refractivity contribution is 6.31. The van der Waals surface area contributed by atoms with Gasteiger partial charge < -0.3 is 4.74 Å². The number of halogens is 1. The highest BCUT2D eigenvalue weighted by atomic mass is 35.5. The van der Waals surface area contributed by atoms with Gasteiger partial charge in [0, 0.05) is 23.7 Å². The zero-order valence-electron chi connectivity index (χ0n) is 10.4. The van der Waals surface area contributed by atoms with Crippen LogP contribution in [0.3, 0.4) is 0 Å². The average molecular weight is 256 g/mol. The Morgan fingerprint density at radius 2 is 2.24 bits per heavy atom. The Labute approximate surface area is 107 Å². The summed E-state index contributed by atoms with van der Waals surface area (Å²) in [5.41, 5.74) is 0.647. The Morgan fingerprint density at radius 3 is 2.82 bits per heavy atom. The van der Waals surface area contributed by atoms with E-state index in [4.69, 9.17) is 16.3 Å². The van der Waals surface area contributed by atoms with E-state index in [1.54, 1.807) is 31.4 Å². The van der Waals surface area contributed by atoms with Gasteiger partial charge in [0.15, 0.2) is 5.78 Å². The number of ketones is 1. The van der Waals surface area contributed by atoms with Crippen molar-refractivity contribution in [1.82, 2.24) is 4.90 Å². The first-order chi connectivity index (χ1) is 8.04. The summed E-state index contributed by atoms with van der Waals surface area (Å²) >= 11 is 5.85. The predicted molar refractivity (Wildman–Crippen MR) is 69.8 cm³/mol. The summed E-state index contributed by atoms with van der Waals surface area (Å²) in [6, 6.07) is 7.23. The molecule has 1 rings (SSSR count). The van der Waals surface area contributed by atoms with Crippen LogP contribution in [0.2, 0.25) is 5.02 Å². The summed E-state index contributed by atoms with van der Waals surface area (Å²) in [5.74, 6) is 0.0675. The number of ether oxygens (including phenoxy) is 1. The van der Waals surface area contributed by atoms with Gasteiger partial charge in [-0.15, -0.1) is 0 Å². The molecule has 0 heterocycles. The van der Waals surface area contributed by atoms with E-state index in [2.05, 4.69) is 0 Å². The maximum absolute atomic E-state index is 12.0. The van der Waals surface area contributed by atoms with Gasteiger partial charge in [0.05, 0.1) is 13.2 Å². The summed E-state index contributed by atoms with van der Waals surface area (Å²) in [7, 11) is 3.56. The fourth-order valence-corrected chi connectivity index (χ4v) is 1.69. The molecule has 94 valence electrons. The summed E-state index contributed by atoms with van der Waals surface area (Å²) in [6.07, 6.45) is 0. The van der Waals surface area contributed by atoms with Gasteiger partial charge in [-0.2, -0.15) is 0 Å². The molecule has 0 N–H and O–H groups in total. The quantitative estimate of drug-likeness (QED) is 0.732. The van der Waals surface area contributed by atoms with Crippen molar-refractivity contribution in [1.29, 1.82) is 0 Å². The Kier molecular flexibility index (Phi) is 5.62. The molecular formula is C13H18ClNO2. The molecule has 0 aromatic heterocycles. The van der Waals surface area contributed by atoms with Crippen LogP contribution in [0.4, 0.5) is 0 Å². The first-order valence-corrected chi connectivity index (χ1v) is 5.90. The largest absolute Gasteiger partial charge is 0.383 e. The van der Waals surface area contributed by atoms with Crippen molar-refractivity contribution in [3.63, 3.8) is 0 Å². The summed E-state index contributed by atoms with van der Waals surface area (Å²) < 4.78 is 5.06. The van der Waals surface area contributed by atoms with Crippen molar-refractivity contribution in [2.75, 3.05) is 27.3 Å². The third-order valence-corrected chi connectivity index (χ3v) is 2.94. The molecule has 0 bridgehead atoms. The zero-order chi connectivity index (χ0) is 12.8. The number of nitrogens with zero attached hydrogens (tertiary/aromatic N) is 1. The molecule has 1 unspecified atom stereocenters. The molecule has 0 radical (unpaired) electrons. The van der Waals surface area contributed by atoms with Crippen molar-refractivity contribution in [2.24, 2.45) is 0 Å². The molecule has 4 heteroatoms. The predicted octanol–water partition coefficient (Wildman–Crippen LogP) is 2.49. The topological polar surface area (TPSA) is 29.5 Å². The fraction of sp³-hybridized carbons (Fsp3) is 0.462. The normalized spacial score (nSPS) is 12.8. The van der Waals surface area contributed by atoms with E-state index < -0.39 is 0 Å². The van der Waals surface area contributed by atoms with E-state index in [1.165, 1.54) is 0 Å². The summed E-state index contributed by atoms with van der Waals surface area (Å²) in [4.78, 5) is 13.9. The summed E-state index contributed by atoms with van der Waals surface area (Å²) in [5, 5.41) is 0.587. The van der Waals surface area contributed by atoms with Crippen LogP contribution in [-0.4, -0.2) is 44.0 Å². The molecule has 17 heavy (non-hydrogen) atoms. The number of carbonyl (C=O) groups excluding carboxylic acids is 1. The smallest absolute Gasteiger partial charge is 0.176 e. The second-order valence-electron chi connectivity index (χ2n) is 4.15. The Bertz CT molecular complexity index is 381. The van der Waals surface area contributed by atoms with Crippen molar-refractivity contribution in [2.45, 2.75) is 13.0 Å². The average Bonchev–Trinajstić information content (AvgIpc) is 2.29. The lowest BCUT2D eigenvalue weighted by Gasteiger charge is -2.23. The standard InChI is InChI=1S/C13H18ClNO2/c1-10(9-17-3)15(2)8-13(16)11-5-4-6-12(14)7-11/h4-7,10H,8-9H2,1-3H3. The minimum Gasteiger partial charge on any atom is -0.383 e. The van der Waals surface area contributed by atoms with Gasteiger partial charge in [-0.3, -0.25) is 9.69 Å². The van der Waals surface area contributed by atoms with Crippen LogP contribution in [0.5, 0.6) is 0 Å². The molecular weight excluding hydrogens is 238 g/mol. The molecule has 0 spiro atoms. The van der Waals surface area contributed by atoms with Crippen LogP contribution in [0.25, 0.3) is 0 Å². The van der Waals surface area contributed by atoms with E-state index in [1.807, 2.05) is 18.9 Å². The third-order valence-electron chi connectivity index (χ3n) is 2.70. The maximum Gasteiger partial charge on any atom is 0.176 e. The fourth-order valence-electron chi connectivity index (χ4n) is 1.50. The number of benzene rings is 1. The lowest BCUT2D eigenvalue weighted by molar-refractivity contribution is 0.0841. The molecule has 1 aromatic carbocycles. The number of Topliss-reactive ketones (excluding diaryl/α,β-unsaturated/α-hetero) is 1. The number of hydrogen-bond donors (Lipinski definition) is 0. The molecule has 1 aromatic rings. The lowest BCUT2D eigenvalue weighted by atomic mass is 10.1. The second kappa shape index (κ2) is 6.74. The van der Waals surface area contributed by atoms with Crippen molar-refractivity contribution >= 4 is 17.4 Å². The van der Waals surface area contributed by atoms with Gasteiger partial charge in [-0.05, 0) is 26.1 Å². The Hall–Kier alpha value is -0.900. The number of methoxy groups -OCH3 is 1. The number of carbonyl (C=O) groups is 1. The van der Waals surface area contributed by atoms with Gasteiger partial charge in [0.1, 0.15) is 0 Å². The zero-order valence-corrected chi connectivity index (χ0v) is 11.2. The highest BCUT2D eigenvalue weighted by Gasteiger charge is 2.14. The molecule has 0 saturated heterocycles. The lowest BCUT2D eigenvalue weighted by Crippen LogP contribution is -2.36. The third kappa shape index (κ3) is 4.46. The van der Waals surface area contributed by atoms with Gasteiger partial charge in [-0.1, -0.05) is 23.7 Å². The number of hydrogen-bond acceptors (Lipinski definition) is 3. The van der Waals surface area contributed by atoms with Gasteiger partial charge in [0.25, 0.3) is 0 Å². The summed E-state index contributed by atoms with van der Waals surface area (Å²) in [6.45, 7) is 3.00. The first kappa shape index (κ1) is 14.2. The first-order valence-electron chi connectivity index (χ1n) is 5.52. The molecule has 0 saturated carbocycles. The molecule has 0 aliphatic carbocycles. The van der Waals surface area contributed by atoms with E-state index >= 15 is 0 Å². The molecule has 0 fully saturated rings. The Morgan fingerprint density at radius 1 is 1.53 bits per heavy atom. The molecule has 0 aliphatic heterocycles. The van der Waals surface area contributed by atoms with Gasteiger partial charge >= 0.3 is 0 Å². The number of rotatable bonds is 6. The van der Waals surface area contributed by atoms with Gasteiger partial charge in [-0.25, -0.2) is 0 Å². The highest BCUT2D eigenvalue weighted by Crippen LogP contribution is 2.11. The molecule has 1 atom stereocenters. The minimum atomic E-state index is 0.0675. The van der Waals surface area contributed by atoms with E-state index in [0.717, 1.165) is 0 Å². The van der Waals surface area contributed by atoms with Gasteiger partial charge in [0.2, 0.25) is 0 Å². The monoisotopic (exact) mass is 255 g/mol. The Balaban J connectivity index is 2.60. The van der Waals surface area contributed by atoms with Crippen molar-refractivity contribution in [3.8, 4) is 0 Å². The maximum atomic E-state index is 12.0. The van der Waals surface area contributed by atoms with Crippen LogP contribution in [-0.2, 0) is 4.74 Å². The minimum absolute atomic E-state index is 0.0675. The molecule has 3 nitrogen and oxygen atoms in total. The van der Waals surface area contributed by atoms with Crippen LogP contribution >= 0.6 is 11.6 Å². The number of likely N-dealkylation sites (N-methyl/N-ethyl adjacent to an activating group) is 1. The van der Waals surface area contributed by atoms with Crippen LogP contribution < -0.4 is 0 Å². The van der Waals surface area contributed by atoms with Crippen molar-refractivity contribution < 1.29 is 9.53 Å². The molecule has 0 aliphatic rings. The van der Waals surface area contributed by atoms with E-state index in [0.29, 0.717) is 23.7 Å². The van der Waals surface area contributed by atoms with E-state index in [-0.39, 0.29) is 11.8 Å². The SMILES string of the molecule is COCC(C)N(C)CC(=O)c1cccc(Cl)c1. The van der Waals surface area contributed by atoms with Crippen molar-refractivity contribution in [3.05, 3.63) is 34.9 Å². The second-order valence-corrected chi connectivity index (χ2v) is 4.59.